The third kappa shape index (κ3) is 5.72. The summed E-state index contributed by atoms with van der Waals surface area (Å²) >= 11 is 0.926. The highest BCUT2D eigenvalue weighted by Crippen LogP contribution is 2.65. The molecule has 0 spiro atoms. The Balaban J connectivity index is 1.91. The van der Waals surface area contributed by atoms with Crippen LogP contribution in [0.5, 0.6) is 0 Å². The molecule has 1 aliphatic carbocycles. The summed E-state index contributed by atoms with van der Waals surface area (Å²) in [6.07, 6.45) is 1.54. The van der Waals surface area contributed by atoms with Crippen LogP contribution in [0.1, 0.15) is 41.0 Å². The summed E-state index contributed by atoms with van der Waals surface area (Å²) < 4.78 is 29.7. The SMILES string of the molecule is C=CCOC(=O)N1C[C@@H](SC(=O)[C@H](C)[C@@]23C(=O)C(=O)[C@]2([C@@H](C)O[Si](C)(C)C(C)(C)C)C(=O)N3OCC=C)C[C@H]1COCCF. The second kappa shape index (κ2) is 13.5. The van der Waals surface area contributed by atoms with Gasteiger partial charge in [0.25, 0.3) is 5.91 Å². The molecule has 246 valence electrons. The molecular formula is C30H45FN2O9SSi. The summed E-state index contributed by atoms with van der Waals surface area (Å²) in [6, 6.07) is -0.473. The predicted molar refractivity (Wildman–Crippen MR) is 165 cm³/mol. The number of rotatable bonds is 15. The molecular weight excluding hydrogens is 611 g/mol. The maximum absolute atomic E-state index is 13.9. The molecule has 44 heavy (non-hydrogen) atoms. The molecule has 6 atom stereocenters. The summed E-state index contributed by atoms with van der Waals surface area (Å²) in [6.45, 7) is 19.5. The number of alkyl halides is 1. The van der Waals surface area contributed by atoms with E-state index in [0.717, 1.165) is 16.8 Å². The van der Waals surface area contributed by atoms with Crippen molar-refractivity contribution in [3.63, 3.8) is 0 Å². The minimum atomic E-state index is -2.53. The van der Waals surface area contributed by atoms with Crippen LogP contribution in [-0.4, -0.2) is 110 Å². The van der Waals surface area contributed by atoms with Crippen molar-refractivity contribution >= 4 is 48.8 Å². The molecule has 3 aliphatic rings. The van der Waals surface area contributed by atoms with Crippen molar-refractivity contribution in [3.05, 3.63) is 25.3 Å². The zero-order valence-electron chi connectivity index (χ0n) is 26.7. The standard InChI is InChI=1S/C30H45FN2O9SSi/c1-10-13-40-27(38)32-17-22(16-21(32)18-39-15-12-31)43-25(36)19(3)30-24(35)23(34)29(30,26(37)33(30)41-14-11-2)20(4)42-44(8,9)28(5,6)7/h10-11,19-22H,1-2,12-18H2,3-9H3/t19-,20+,21-,22-,29+,30+/m0/s1. The molecule has 2 aliphatic heterocycles. The van der Waals surface area contributed by atoms with Gasteiger partial charge in [-0.05, 0) is 31.5 Å². The Bertz CT molecular complexity index is 1190. The molecule has 11 nitrogen and oxygen atoms in total. The maximum Gasteiger partial charge on any atom is 0.410 e. The van der Waals surface area contributed by atoms with Crippen molar-refractivity contribution < 1.29 is 47.1 Å². The number of nitrogens with zero attached hydrogens (tertiary/aromatic N) is 2. The molecule has 2 saturated heterocycles. The average molecular weight is 657 g/mol. The first-order valence-corrected chi connectivity index (χ1v) is 18.5. The van der Waals surface area contributed by atoms with E-state index >= 15 is 0 Å². The number of carbonyl (C=O) groups excluding carboxylic acids is 5. The van der Waals surface area contributed by atoms with E-state index in [2.05, 4.69) is 13.2 Å². The van der Waals surface area contributed by atoms with Crippen molar-refractivity contribution in [2.45, 2.75) is 82.1 Å². The molecule has 1 saturated carbocycles. The van der Waals surface area contributed by atoms with Crippen LogP contribution >= 0.6 is 11.8 Å². The van der Waals surface area contributed by atoms with Gasteiger partial charge in [0, 0.05) is 11.8 Å². The van der Waals surface area contributed by atoms with Gasteiger partial charge in [0.15, 0.2) is 24.4 Å². The summed E-state index contributed by atoms with van der Waals surface area (Å²) in [7, 11) is -2.53. The summed E-state index contributed by atoms with van der Waals surface area (Å²) in [5.74, 6) is -3.65. The second-order valence-electron chi connectivity index (χ2n) is 12.9. The molecule has 0 radical (unpaired) electrons. The molecule has 2 amide bonds. The fourth-order valence-corrected chi connectivity index (χ4v) is 8.73. The zero-order valence-corrected chi connectivity index (χ0v) is 28.5. The molecule has 0 aromatic rings. The number of hydroxylamine groups is 2. The number of carbonyl (C=O) groups is 5. The monoisotopic (exact) mass is 656 g/mol. The first-order chi connectivity index (χ1) is 20.5. The highest BCUT2D eigenvalue weighted by molar-refractivity contribution is 8.14. The van der Waals surface area contributed by atoms with E-state index in [9.17, 15) is 28.4 Å². The summed E-state index contributed by atoms with van der Waals surface area (Å²) in [5.41, 5.74) is -3.80. The quantitative estimate of drug-likeness (QED) is 0.0640. The van der Waals surface area contributed by atoms with E-state index in [-0.39, 0.29) is 38.0 Å². The van der Waals surface area contributed by atoms with Gasteiger partial charge in [-0.25, -0.2) is 14.2 Å². The molecule has 2 heterocycles. The van der Waals surface area contributed by atoms with Gasteiger partial charge >= 0.3 is 6.09 Å². The van der Waals surface area contributed by atoms with E-state index in [1.54, 1.807) is 6.92 Å². The van der Waals surface area contributed by atoms with Gasteiger partial charge in [0.1, 0.15) is 13.3 Å². The van der Waals surface area contributed by atoms with E-state index in [4.69, 9.17) is 18.7 Å². The van der Waals surface area contributed by atoms with E-state index < -0.39 is 77.9 Å². The topological polar surface area (TPSA) is 129 Å². The largest absolute Gasteiger partial charge is 0.445 e. The predicted octanol–water partition coefficient (Wildman–Crippen LogP) is 3.88. The fraction of sp³-hybridized carbons (Fsp3) is 0.700. The van der Waals surface area contributed by atoms with Gasteiger partial charge in [0.05, 0.1) is 37.9 Å². The number of likely N-dealkylation sites (tertiary alicyclic amines) is 1. The number of β-lactam (4-membered cyclic amide) rings is 1. The third-order valence-corrected chi connectivity index (χ3v) is 15.1. The fourth-order valence-electron chi connectivity index (χ4n) is 6.06. The van der Waals surface area contributed by atoms with Crippen LogP contribution in [0.25, 0.3) is 0 Å². The number of hydrogen-bond acceptors (Lipinski definition) is 10. The molecule has 14 heteroatoms. The highest BCUT2D eigenvalue weighted by Gasteiger charge is 2.93. The minimum absolute atomic E-state index is 0.00832. The third-order valence-electron chi connectivity index (χ3n) is 9.29. The first-order valence-electron chi connectivity index (χ1n) is 14.7. The number of halogens is 1. The molecule has 0 unspecified atom stereocenters. The Hall–Kier alpha value is -2.39. The molecule has 3 fully saturated rings. The lowest BCUT2D eigenvalue weighted by molar-refractivity contribution is -0.312. The number of amides is 2. The van der Waals surface area contributed by atoms with Crippen molar-refractivity contribution in [2.75, 3.05) is 39.6 Å². The van der Waals surface area contributed by atoms with Gasteiger partial charge in [0.2, 0.25) is 11.6 Å². The summed E-state index contributed by atoms with van der Waals surface area (Å²) in [5, 5.41) is -0.263. The summed E-state index contributed by atoms with van der Waals surface area (Å²) in [4.78, 5) is 74.5. The van der Waals surface area contributed by atoms with Crippen LogP contribution in [0, 0.1) is 11.3 Å². The Morgan fingerprint density at radius 1 is 1.14 bits per heavy atom. The lowest BCUT2D eigenvalue weighted by Gasteiger charge is -2.70. The van der Waals surface area contributed by atoms with Crippen molar-refractivity contribution in [2.24, 2.45) is 11.3 Å². The number of ketones is 2. The van der Waals surface area contributed by atoms with Gasteiger partial charge in [-0.1, -0.05) is 58.2 Å². The van der Waals surface area contributed by atoms with Gasteiger partial charge in [-0.15, -0.1) is 6.58 Å². The molecule has 0 N–H and O–H groups in total. The number of hydrogen-bond donors (Lipinski definition) is 0. The normalized spacial score (nSPS) is 28.1. The van der Waals surface area contributed by atoms with Crippen LogP contribution in [0.4, 0.5) is 9.18 Å². The van der Waals surface area contributed by atoms with Crippen LogP contribution < -0.4 is 0 Å². The average Bonchev–Trinajstić information content (AvgIpc) is 3.35. The van der Waals surface area contributed by atoms with Crippen LogP contribution in [0.2, 0.25) is 18.1 Å². The number of thioether (sulfide) groups is 1. The Labute approximate surface area is 263 Å². The minimum Gasteiger partial charge on any atom is -0.445 e. The number of Topliss-reactive ketones (excluding diaryl/α,β-unsaturated/α-hetero) is 2. The lowest BCUT2D eigenvalue weighted by atomic mass is 9.40. The van der Waals surface area contributed by atoms with Crippen LogP contribution in [0.15, 0.2) is 25.3 Å². The van der Waals surface area contributed by atoms with Crippen LogP contribution in [0.3, 0.4) is 0 Å². The Morgan fingerprint density at radius 3 is 2.34 bits per heavy atom. The number of piperidine rings is 1. The van der Waals surface area contributed by atoms with Crippen molar-refractivity contribution in [3.8, 4) is 0 Å². The van der Waals surface area contributed by atoms with E-state index in [0.29, 0.717) is 6.42 Å². The molecule has 0 aromatic heterocycles. The van der Waals surface area contributed by atoms with Crippen molar-refractivity contribution in [1.29, 1.82) is 0 Å². The van der Waals surface area contributed by atoms with Crippen LogP contribution in [-0.2, 0) is 37.9 Å². The zero-order chi connectivity index (χ0) is 33.3. The van der Waals surface area contributed by atoms with Gasteiger partial charge < -0.3 is 18.8 Å². The lowest BCUT2D eigenvalue weighted by Crippen LogP contribution is -2.97. The van der Waals surface area contributed by atoms with Gasteiger partial charge in [-0.3, -0.25) is 24.0 Å². The van der Waals surface area contributed by atoms with Gasteiger partial charge in [-0.2, -0.15) is 0 Å². The molecule has 0 aromatic carbocycles. The highest BCUT2D eigenvalue weighted by atomic mass is 32.2. The Morgan fingerprint density at radius 2 is 1.77 bits per heavy atom. The van der Waals surface area contributed by atoms with E-state index in [1.165, 1.54) is 24.0 Å². The molecule has 0 bridgehead atoms. The maximum atomic E-state index is 13.9. The smallest absolute Gasteiger partial charge is 0.410 e. The first kappa shape index (κ1) is 36.1. The second-order valence-corrected chi connectivity index (χ2v) is 19.0. The molecule has 3 rings (SSSR count). The Kier molecular flexibility index (Phi) is 11.1. The van der Waals surface area contributed by atoms with E-state index in [1.807, 2.05) is 33.9 Å². The number of ether oxygens (including phenoxy) is 2. The number of fused-ring (bicyclic) bond motifs is 1. The van der Waals surface area contributed by atoms with Crippen molar-refractivity contribution in [1.82, 2.24) is 9.96 Å².